The molecule has 1 aromatic carbocycles. The van der Waals surface area contributed by atoms with Gasteiger partial charge in [-0.1, -0.05) is 12.1 Å². The van der Waals surface area contributed by atoms with Gasteiger partial charge in [-0.15, -0.1) is 0 Å². The summed E-state index contributed by atoms with van der Waals surface area (Å²) in [7, 11) is 1.60. The van der Waals surface area contributed by atoms with Gasteiger partial charge in [0.2, 0.25) is 17.8 Å². The highest BCUT2D eigenvalue weighted by atomic mass is 16.5. The van der Waals surface area contributed by atoms with E-state index in [-0.39, 0.29) is 18.3 Å². The molecule has 4 rings (SSSR count). The highest BCUT2D eigenvalue weighted by Crippen LogP contribution is 2.20. The van der Waals surface area contributed by atoms with Crippen LogP contribution in [-0.4, -0.2) is 80.6 Å². The summed E-state index contributed by atoms with van der Waals surface area (Å²) < 4.78 is 16.0. The van der Waals surface area contributed by atoms with E-state index in [0.29, 0.717) is 64.5 Å². The first-order valence-electron chi connectivity index (χ1n) is 10.3. The number of nitrogens with zero attached hydrogens (tertiary/aromatic N) is 6. The van der Waals surface area contributed by atoms with Crippen LogP contribution in [0.15, 0.2) is 24.3 Å². The molecule has 11 nitrogen and oxygen atoms in total. The molecule has 1 aromatic heterocycles. The number of morpholine rings is 2. The van der Waals surface area contributed by atoms with Crippen LogP contribution in [0.2, 0.25) is 0 Å². The lowest BCUT2D eigenvalue weighted by Gasteiger charge is -2.30. The van der Waals surface area contributed by atoms with E-state index in [9.17, 15) is 4.79 Å². The molecule has 1 amide bonds. The number of hydrazine groups is 1. The molecule has 0 bridgehead atoms. The fourth-order valence-corrected chi connectivity index (χ4v) is 3.38. The van der Waals surface area contributed by atoms with E-state index in [0.717, 1.165) is 16.3 Å². The summed E-state index contributed by atoms with van der Waals surface area (Å²) in [6.07, 6.45) is 0.117. The molecule has 166 valence electrons. The third-order valence-corrected chi connectivity index (χ3v) is 5.19. The molecule has 2 aromatic rings. The summed E-state index contributed by atoms with van der Waals surface area (Å²) >= 11 is 0. The molecule has 2 N–H and O–H groups in total. The molecule has 11 heteroatoms. The van der Waals surface area contributed by atoms with Gasteiger partial charge in [-0.3, -0.25) is 4.79 Å². The van der Waals surface area contributed by atoms with Gasteiger partial charge in [0, 0.05) is 26.2 Å². The largest absolute Gasteiger partial charge is 0.497 e. The first kappa shape index (κ1) is 21.2. The zero-order valence-corrected chi connectivity index (χ0v) is 17.6. The molecule has 0 atom stereocenters. The Morgan fingerprint density at radius 3 is 1.97 bits per heavy atom. The van der Waals surface area contributed by atoms with Crippen molar-refractivity contribution in [2.75, 3.05) is 74.5 Å². The van der Waals surface area contributed by atoms with E-state index in [1.165, 1.54) is 0 Å². The van der Waals surface area contributed by atoms with Crippen LogP contribution in [0, 0.1) is 0 Å². The number of hydrogen-bond acceptors (Lipinski definition) is 10. The number of carbonyl (C=O) groups excluding carboxylic acids is 1. The van der Waals surface area contributed by atoms with Crippen LogP contribution in [-0.2, 0) is 20.7 Å². The molecular weight excluding hydrogens is 402 g/mol. The monoisotopic (exact) mass is 429 g/mol. The first-order valence-corrected chi connectivity index (χ1v) is 10.3. The smallest absolute Gasteiger partial charge is 0.253 e. The van der Waals surface area contributed by atoms with Gasteiger partial charge in [-0.2, -0.15) is 15.0 Å². The highest BCUT2D eigenvalue weighted by molar-refractivity contribution is 5.92. The number of rotatable bonds is 6. The molecule has 2 saturated heterocycles. The van der Waals surface area contributed by atoms with Crippen molar-refractivity contribution in [3.63, 3.8) is 0 Å². The van der Waals surface area contributed by atoms with Gasteiger partial charge >= 0.3 is 0 Å². The van der Waals surface area contributed by atoms with Gasteiger partial charge < -0.3 is 24.0 Å². The zero-order valence-electron chi connectivity index (χ0n) is 17.6. The number of benzene rings is 1. The topological polar surface area (TPSA) is 119 Å². The Balaban J connectivity index is 1.57. The number of hydrogen-bond donors (Lipinski definition) is 1. The quantitative estimate of drug-likeness (QED) is 0.382. The fourth-order valence-electron chi connectivity index (χ4n) is 3.38. The average Bonchev–Trinajstić information content (AvgIpc) is 2.85. The standard InChI is InChI=1S/C20H27N7O4/c1-29-16-4-2-15(3-5-16)14-17(28)27(21)20-23-18(25-6-10-30-11-7-25)22-19(24-20)26-8-12-31-13-9-26/h2-5H,6-14,21H2,1H3. The lowest BCUT2D eigenvalue weighted by molar-refractivity contribution is -0.118. The summed E-state index contributed by atoms with van der Waals surface area (Å²) in [5.41, 5.74) is 0.817. The molecular formula is C20H27N7O4. The van der Waals surface area contributed by atoms with Gasteiger partial charge in [0.1, 0.15) is 5.75 Å². The van der Waals surface area contributed by atoms with Crippen LogP contribution in [0.1, 0.15) is 5.56 Å². The van der Waals surface area contributed by atoms with Crippen LogP contribution < -0.4 is 25.4 Å². The maximum absolute atomic E-state index is 12.8. The normalized spacial score (nSPS) is 16.8. The van der Waals surface area contributed by atoms with Crippen molar-refractivity contribution in [3.8, 4) is 5.75 Å². The third kappa shape index (κ3) is 5.19. The molecule has 0 aliphatic carbocycles. The van der Waals surface area contributed by atoms with E-state index >= 15 is 0 Å². The maximum Gasteiger partial charge on any atom is 0.253 e. The number of nitrogens with two attached hydrogens (primary N) is 1. The van der Waals surface area contributed by atoms with Gasteiger partial charge in [-0.25, -0.2) is 10.9 Å². The minimum absolute atomic E-state index is 0.117. The van der Waals surface area contributed by atoms with Crippen molar-refractivity contribution in [3.05, 3.63) is 29.8 Å². The molecule has 3 heterocycles. The SMILES string of the molecule is COc1ccc(CC(=O)N(N)c2nc(N3CCOCC3)nc(N3CCOCC3)n2)cc1. The highest BCUT2D eigenvalue weighted by Gasteiger charge is 2.24. The van der Waals surface area contributed by atoms with Crippen LogP contribution in [0.25, 0.3) is 0 Å². The number of carbonyl (C=O) groups is 1. The maximum atomic E-state index is 12.8. The minimum Gasteiger partial charge on any atom is -0.497 e. The van der Waals surface area contributed by atoms with Crippen LogP contribution in [0.5, 0.6) is 5.75 Å². The van der Waals surface area contributed by atoms with E-state index in [2.05, 4.69) is 15.0 Å². The number of methoxy groups -OCH3 is 1. The number of amides is 1. The lowest BCUT2D eigenvalue weighted by Crippen LogP contribution is -2.43. The second kappa shape index (κ2) is 9.86. The van der Waals surface area contributed by atoms with E-state index in [4.69, 9.17) is 20.1 Å². The van der Waals surface area contributed by atoms with Crippen molar-refractivity contribution in [1.82, 2.24) is 15.0 Å². The van der Waals surface area contributed by atoms with Crippen LogP contribution in [0.3, 0.4) is 0 Å². The molecule has 0 radical (unpaired) electrons. The average molecular weight is 429 g/mol. The first-order chi connectivity index (χ1) is 15.1. The zero-order chi connectivity index (χ0) is 21.6. The van der Waals surface area contributed by atoms with Gasteiger partial charge in [0.25, 0.3) is 5.95 Å². The summed E-state index contributed by atoms with van der Waals surface area (Å²) in [5.74, 6) is 7.66. The predicted octanol–water partition coefficient (Wildman–Crippen LogP) is 0.00280. The number of ether oxygens (including phenoxy) is 3. The van der Waals surface area contributed by atoms with Crippen LogP contribution in [0.4, 0.5) is 17.8 Å². The van der Waals surface area contributed by atoms with Crippen molar-refractivity contribution < 1.29 is 19.0 Å². The molecule has 0 spiro atoms. The molecule has 2 fully saturated rings. The lowest BCUT2D eigenvalue weighted by atomic mass is 10.1. The van der Waals surface area contributed by atoms with Crippen LogP contribution >= 0.6 is 0 Å². The Bertz CT molecular complexity index is 847. The minimum atomic E-state index is -0.322. The molecule has 2 aliphatic rings. The Morgan fingerprint density at radius 1 is 0.968 bits per heavy atom. The van der Waals surface area contributed by atoms with Crippen molar-refractivity contribution >= 4 is 23.8 Å². The third-order valence-electron chi connectivity index (χ3n) is 5.19. The van der Waals surface area contributed by atoms with Crippen molar-refractivity contribution in [2.24, 2.45) is 5.84 Å². The van der Waals surface area contributed by atoms with E-state index < -0.39 is 0 Å². The Labute approximate surface area is 180 Å². The second-order valence-electron chi connectivity index (χ2n) is 7.22. The van der Waals surface area contributed by atoms with Crippen molar-refractivity contribution in [1.29, 1.82) is 0 Å². The number of aromatic nitrogens is 3. The molecule has 0 saturated carbocycles. The molecule has 0 unspecified atom stereocenters. The predicted molar refractivity (Wildman–Crippen MR) is 114 cm³/mol. The molecule has 2 aliphatic heterocycles. The summed E-state index contributed by atoms with van der Waals surface area (Å²) in [6, 6.07) is 7.27. The Morgan fingerprint density at radius 2 is 1.48 bits per heavy atom. The fraction of sp³-hybridized carbons (Fsp3) is 0.500. The summed E-state index contributed by atoms with van der Waals surface area (Å²) in [4.78, 5) is 30.5. The van der Waals surface area contributed by atoms with Gasteiger partial charge in [0.05, 0.1) is 40.0 Å². The second-order valence-corrected chi connectivity index (χ2v) is 7.22. The van der Waals surface area contributed by atoms with E-state index in [1.54, 1.807) is 19.2 Å². The summed E-state index contributed by atoms with van der Waals surface area (Å²) in [5, 5.41) is 1.000. The Kier molecular flexibility index (Phi) is 6.75. The summed E-state index contributed by atoms with van der Waals surface area (Å²) in [6.45, 7) is 5.03. The van der Waals surface area contributed by atoms with Gasteiger partial charge in [0.15, 0.2) is 0 Å². The van der Waals surface area contributed by atoms with Gasteiger partial charge in [-0.05, 0) is 17.7 Å². The number of anilines is 3. The van der Waals surface area contributed by atoms with E-state index in [1.807, 2.05) is 21.9 Å². The Hall–Kier alpha value is -3.02. The van der Waals surface area contributed by atoms with Crippen molar-refractivity contribution in [2.45, 2.75) is 6.42 Å². The molecule has 31 heavy (non-hydrogen) atoms.